The molecular formula is C28H24ClNO2S. The highest BCUT2D eigenvalue weighted by Crippen LogP contribution is 2.36. The van der Waals surface area contributed by atoms with E-state index < -0.39 is 0 Å². The number of hydrogen-bond donors (Lipinski definition) is 1. The van der Waals surface area contributed by atoms with Crippen LogP contribution in [0.25, 0.3) is 0 Å². The van der Waals surface area contributed by atoms with Gasteiger partial charge in [-0.05, 0) is 60.0 Å². The van der Waals surface area contributed by atoms with Crippen molar-refractivity contribution >= 4 is 35.0 Å². The van der Waals surface area contributed by atoms with Gasteiger partial charge in [0.2, 0.25) is 5.91 Å². The third-order valence-electron chi connectivity index (χ3n) is 5.03. The number of hydrogen-bond acceptors (Lipinski definition) is 3. The van der Waals surface area contributed by atoms with Crippen LogP contribution in [0.4, 0.5) is 5.69 Å². The lowest BCUT2D eigenvalue weighted by molar-refractivity contribution is -0.113. The average molecular weight is 474 g/mol. The predicted octanol–water partition coefficient (Wildman–Crippen LogP) is 7.90. The molecule has 0 saturated heterocycles. The fourth-order valence-corrected chi connectivity index (χ4v) is 4.68. The molecule has 0 fully saturated rings. The highest BCUT2D eigenvalue weighted by atomic mass is 35.5. The Morgan fingerprint density at radius 2 is 1.58 bits per heavy atom. The van der Waals surface area contributed by atoms with Crippen molar-refractivity contribution < 1.29 is 9.53 Å². The zero-order valence-corrected chi connectivity index (χ0v) is 19.8. The van der Waals surface area contributed by atoms with Crippen LogP contribution < -0.4 is 10.1 Å². The highest BCUT2D eigenvalue weighted by Gasteiger charge is 2.17. The molecular weight excluding hydrogens is 450 g/mol. The van der Waals surface area contributed by atoms with Crippen molar-refractivity contribution in [2.24, 2.45) is 0 Å². The van der Waals surface area contributed by atoms with Gasteiger partial charge >= 0.3 is 0 Å². The van der Waals surface area contributed by atoms with E-state index in [1.807, 2.05) is 97.9 Å². The van der Waals surface area contributed by atoms with Crippen molar-refractivity contribution in [3.63, 3.8) is 0 Å². The zero-order valence-electron chi connectivity index (χ0n) is 18.2. The molecule has 0 aliphatic rings. The predicted molar refractivity (Wildman–Crippen MR) is 139 cm³/mol. The molecule has 1 amide bonds. The van der Waals surface area contributed by atoms with Crippen LogP contribution in [0.3, 0.4) is 0 Å². The molecule has 4 aromatic carbocycles. The van der Waals surface area contributed by atoms with Crippen LogP contribution in [0.15, 0.2) is 103 Å². The molecule has 5 heteroatoms. The normalized spacial score (nSPS) is 11.6. The van der Waals surface area contributed by atoms with Crippen molar-refractivity contribution in [1.82, 2.24) is 0 Å². The molecule has 4 rings (SSSR count). The number of carbonyl (C=O) groups excluding carboxylic acids is 1. The van der Waals surface area contributed by atoms with E-state index in [1.54, 1.807) is 11.8 Å². The van der Waals surface area contributed by atoms with Crippen LogP contribution in [-0.2, 0) is 4.79 Å². The Morgan fingerprint density at radius 3 is 2.33 bits per heavy atom. The van der Waals surface area contributed by atoms with E-state index >= 15 is 0 Å². The summed E-state index contributed by atoms with van der Waals surface area (Å²) in [6.45, 7) is 2.02. The van der Waals surface area contributed by atoms with E-state index in [4.69, 9.17) is 16.3 Å². The Kier molecular flexibility index (Phi) is 7.71. The number of thioether (sulfide) groups is 1. The molecule has 33 heavy (non-hydrogen) atoms. The minimum absolute atomic E-state index is 0.0213. The van der Waals surface area contributed by atoms with Gasteiger partial charge in [-0.1, -0.05) is 78.3 Å². The molecule has 0 heterocycles. The molecule has 0 aliphatic carbocycles. The Hall–Kier alpha value is -3.21. The number of benzene rings is 4. The lowest BCUT2D eigenvalue weighted by Crippen LogP contribution is -2.15. The largest absolute Gasteiger partial charge is 0.455 e. The fraction of sp³-hybridized carbons (Fsp3) is 0.107. The second-order valence-electron chi connectivity index (χ2n) is 7.62. The van der Waals surface area contributed by atoms with Gasteiger partial charge in [0.05, 0.1) is 16.7 Å². The number of halogens is 1. The van der Waals surface area contributed by atoms with Gasteiger partial charge in [0, 0.05) is 5.02 Å². The summed E-state index contributed by atoms with van der Waals surface area (Å²) in [5, 5.41) is 3.72. The lowest BCUT2D eigenvalue weighted by atomic mass is 10.0. The summed E-state index contributed by atoms with van der Waals surface area (Å²) < 4.78 is 6.03. The van der Waals surface area contributed by atoms with E-state index in [9.17, 15) is 4.79 Å². The summed E-state index contributed by atoms with van der Waals surface area (Å²) in [5.74, 6) is 1.55. The molecule has 166 valence electrons. The standard InChI is InChI=1S/C28H24ClNO2S/c1-20-8-7-11-24(18-20)32-26-13-6-5-12-25(26)30-27(31)19-33-28(21-9-3-2-4-10-21)22-14-16-23(29)17-15-22/h2-18,28H,19H2,1H3,(H,30,31)/t28-/m0/s1. The second-order valence-corrected chi connectivity index (χ2v) is 9.15. The molecule has 0 unspecified atom stereocenters. The second kappa shape index (κ2) is 11.1. The topological polar surface area (TPSA) is 38.3 Å². The number of aryl methyl sites for hydroxylation is 1. The van der Waals surface area contributed by atoms with E-state index in [-0.39, 0.29) is 11.2 Å². The van der Waals surface area contributed by atoms with Crippen LogP contribution in [-0.4, -0.2) is 11.7 Å². The van der Waals surface area contributed by atoms with Crippen molar-refractivity contribution in [2.75, 3.05) is 11.1 Å². The Balaban J connectivity index is 1.46. The Morgan fingerprint density at radius 1 is 0.879 bits per heavy atom. The molecule has 0 bridgehead atoms. The van der Waals surface area contributed by atoms with Gasteiger partial charge in [-0.3, -0.25) is 4.79 Å². The molecule has 1 N–H and O–H groups in total. The minimum Gasteiger partial charge on any atom is -0.455 e. The molecule has 4 aromatic rings. The summed E-state index contributed by atoms with van der Waals surface area (Å²) in [7, 11) is 0. The van der Waals surface area contributed by atoms with E-state index in [0.717, 1.165) is 22.4 Å². The monoisotopic (exact) mass is 473 g/mol. The Labute approximate surface area is 203 Å². The van der Waals surface area contributed by atoms with Gasteiger partial charge in [-0.25, -0.2) is 0 Å². The van der Waals surface area contributed by atoms with Gasteiger partial charge in [0.25, 0.3) is 0 Å². The number of para-hydroxylation sites is 2. The molecule has 3 nitrogen and oxygen atoms in total. The van der Waals surface area contributed by atoms with Crippen LogP contribution in [0, 0.1) is 6.92 Å². The highest BCUT2D eigenvalue weighted by molar-refractivity contribution is 8.00. The summed E-state index contributed by atoms with van der Waals surface area (Å²) in [6.07, 6.45) is 0. The molecule has 0 aromatic heterocycles. The number of rotatable bonds is 8. The van der Waals surface area contributed by atoms with Crippen molar-refractivity contribution in [2.45, 2.75) is 12.2 Å². The maximum Gasteiger partial charge on any atom is 0.234 e. The molecule has 0 radical (unpaired) electrons. The van der Waals surface area contributed by atoms with Crippen molar-refractivity contribution in [1.29, 1.82) is 0 Å². The minimum atomic E-state index is -0.0878. The van der Waals surface area contributed by atoms with E-state index in [2.05, 4.69) is 17.4 Å². The van der Waals surface area contributed by atoms with Crippen LogP contribution in [0.1, 0.15) is 21.9 Å². The average Bonchev–Trinajstić information content (AvgIpc) is 2.82. The van der Waals surface area contributed by atoms with Gasteiger partial charge in [0.1, 0.15) is 5.75 Å². The number of ether oxygens (including phenoxy) is 1. The first kappa shape index (κ1) is 23.0. The van der Waals surface area contributed by atoms with Gasteiger partial charge in [-0.15, -0.1) is 11.8 Å². The third kappa shape index (κ3) is 6.41. The number of carbonyl (C=O) groups is 1. The molecule has 1 atom stereocenters. The molecule has 0 aliphatic heterocycles. The third-order valence-corrected chi connectivity index (χ3v) is 6.59. The van der Waals surface area contributed by atoms with Crippen molar-refractivity contribution in [3.05, 3.63) is 125 Å². The Bertz CT molecular complexity index is 1210. The molecule has 0 saturated carbocycles. The number of amides is 1. The SMILES string of the molecule is Cc1cccc(Oc2ccccc2NC(=O)CS[C@@H](c2ccccc2)c2ccc(Cl)cc2)c1. The van der Waals surface area contributed by atoms with Crippen LogP contribution in [0.2, 0.25) is 5.02 Å². The molecule has 0 spiro atoms. The summed E-state index contributed by atoms with van der Waals surface area (Å²) in [5.41, 5.74) is 4.00. The quantitative estimate of drug-likeness (QED) is 0.282. The first-order chi connectivity index (χ1) is 16.1. The van der Waals surface area contributed by atoms with Gasteiger partial charge in [-0.2, -0.15) is 0 Å². The van der Waals surface area contributed by atoms with Crippen molar-refractivity contribution in [3.8, 4) is 11.5 Å². The lowest BCUT2D eigenvalue weighted by Gasteiger charge is -2.18. The maximum atomic E-state index is 12.9. The number of anilines is 1. The van der Waals surface area contributed by atoms with Gasteiger partial charge < -0.3 is 10.1 Å². The summed E-state index contributed by atoms with van der Waals surface area (Å²) in [6, 6.07) is 33.3. The number of nitrogens with one attached hydrogen (secondary N) is 1. The fourth-order valence-electron chi connectivity index (χ4n) is 3.46. The van der Waals surface area contributed by atoms with Gasteiger partial charge in [0.15, 0.2) is 5.75 Å². The first-order valence-electron chi connectivity index (χ1n) is 10.6. The maximum absolute atomic E-state index is 12.9. The summed E-state index contributed by atoms with van der Waals surface area (Å²) in [4.78, 5) is 12.9. The summed E-state index contributed by atoms with van der Waals surface area (Å²) >= 11 is 7.66. The van der Waals surface area contributed by atoms with E-state index in [0.29, 0.717) is 22.2 Å². The zero-order chi connectivity index (χ0) is 23.0. The van der Waals surface area contributed by atoms with Crippen LogP contribution in [0.5, 0.6) is 11.5 Å². The smallest absolute Gasteiger partial charge is 0.234 e. The van der Waals surface area contributed by atoms with E-state index in [1.165, 1.54) is 0 Å². The first-order valence-corrected chi connectivity index (χ1v) is 12.1. The van der Waals surface area contributed by atoms with Crippen LogP contribution >= 0.6 is 23.4 Å².